The Morgan fingerprint density at radius 3 is 2.67 bits per heavy atom. The molecule has 0 aliphatic heterocycles. The van der Waals surface area contributed by atoms with E-state index in [-0.39, 0.29) is 5.54 Å². The zero-order valence-electron chi connectivity index (χ0n) is 12.0. The van der Waals surface area contributed by atoms with E-state index in [2.05, 4.69) is 32.1 Å². The number of aromatic nitrogens is 2. The van der Waals surface area contributed by atoms with Crippen LogP contribution in [0, 0.1) is 11.8 Å². The van der Waals surface area contributed by atoms with Crippen molar-refractivity contribution in [2.75, 3.05) is 0 Å². The van der Waals surface area contributed by atoms with E-state index in [0.717, 1.165) is 37.6 Å². The van der Waals surface area contributed by atoms with E-state index in [9.17, 15) is 0 Å². The van der Waals surface area contributed by atoms with Crippen molar-refractivity contribution in [3.63, 3.8) is 0 Å². The van der Waals surface area contributed by atoms with Crippen molar-refractivity contribution < 1.29 is 0 Å². The minimum Gasteiger partial charge on any atom is -0.321 e. The maximum Gasteiger partial charge on any atom is 0.0540 e. The smallest absolute Gasteiger partial charge is 0.0540 e. The summed E-state index contributed by atoms with van der Waals surface area (Å²) in [5.41, 5.74) is 7.71. The lowest BCUT2D eigenvalue weighted by Gasteiger charge is -2.38. The van der Waals surface area contributed by atoms with Gasteiger partial charge in [-0.2, -0.15) is 5.10 Å². The van der Waals surface area contributed by atoms with Crippen LogP contribution in [0.5, 0.6) is 0 Å². The Balaban J connectivity index is 2.03. The number of hydrogen-bond donors (Lipinski definition) is 1. The van der Waals surface area contributed by atoms with Gasteiger partial charge in [-0.05, 0) is 43.9 Å². The van der Waals surface area contributed by atoms with E-state index < -0.39 is 0 Å². The zero-order valence-corrected chi connectivity index (χ0v) is 12.0. The van der Waals surface area contributed by atoms with Crippen LogP contribution < -0.4 is 5.73 Å². The number of rotatable bonds is 4. The largest absolute Gasteiger partial charge is 0.321 e. The molecule has 0 aromatic carbocycles. The second kappa shape index (κ2) is 5.43. The predicted molar refractivity (Wildman–Crippen MR) is 75.2 cm³/mol. The van der Waals surface area contributed by atoms with Gasteiger partial charge in [0.15, 0.2) is 0 Å². The molecular weight excluding hydrogens is 222 g/mol. The lowest BCUT2D eigenvalue weighted by Crippen LogP contribution is -2.40. The molecule has 3 nitrogen and oxygen atoms in total. The van der Waals surface area contributed by atoms with Crippen molar-refractivity contribution >= 4 is 0 Å². The predicted octanol–water partition coefficient (Wildman–Crippen LogP) is 3.29. The van der Waals surface area contributed by atoms with Gasteiger partial charge in [0, 0.05) is 23.8 Å². The first-order valence-electron chi connectivity index (χ1n) is 7.37. The summed E-state index contributed by atoms with van der Waals surface area (Å²) in [4.78, 5) is 0. The van der Waals surface area contributed by atoms with Gasteiger partial charge in [-0.3, -0.25) is 4.68 Å². The fraction of sp³-hybridized carbons (Fsp3) is 0.800. The molecule has 1 aromatic rings. The second-order valence-electron chi connectivity index (χ2n) is 6.23. The van der Waals surface area contributed by atoms with Gasteiger partial charge >= 0.3 is 0 Å². The van der Waals surface area contributed by atoms with Crippen molar-refractivity contribution in [2.24, 2.45) is 17.6 Å². The third kappa shape index (κ3) is 2.77. The van der Waals surface area contributed by atoms with Crippen LogP contribution in [0.25, 0.3) is 0 Å². The molecule has 1 fully saturated rings. The first-order chi connectivity index (χ1) is 8.55. The van der Waals surface area contributed by atoms with Gasteiger partial charge < -0.3 is 5.73 Å². The lowest BCUT2D eigenvalue weighted by atomic mass is 9.71. The van der Waals surface area contributed by atoms with E-state index in [1.165, 1.54) is 18.4 Å². The number of nitrogens with zero attached hydrogens (tertiary/aromatic N) is 2. The molecule has 1 saturated carbocycles. The summed E-state index contributed by atoms with van der Waals surface area (Å²) in [6.45, 7) is 7.82. The van der Waals surface area contributed by atoms with E-state index in [0.29, 0.717) is 0 Å². The monoisotopic (exact) mass is 249 g/mol. The van der Waals surface area contributed by atoms with Crippen molar-refractivity contribution in [2.45, 2.75) is 65.0 Å². The van der Waals surface area contributed by atoms with Crippen molar-refractivity contribution in [1.29, 1.82) is 0 Å². The highest BCUT2D eigenvalue weighted by molar-refractivity contribution is 5.18. The first kappa shape index (κ1) is 13.6. The molecular formula is C15H27N3. The van der Waals surface area contributed by atoms with Crippen LogP contribution in [-0.2, 0) is 12.1 Å². The van der Waals surface area contributed by atoms with Gasteiger partial charge in [0.25, 0.3) is 0 Å². The van der Waals surface area contributed by atoms with E-state index >= 15 is 0 Å². The summed E-state index contributed by atoms with van der Waals surface area (Å²) in [5, 5.41) is 4.42. The van der Waals surface area contributed by atoms with Gasteiger partial charge in [0.05, 0.1) is 6.20 Å². The Labute approximate surface area is 111 Å². The molecule has 1 heterocycles. The summed E-state index contributed by atoms with van der Waals surface area (Å²) in [7, 11) is 0. The van der Waals surface area contributed by atoms with Crippen molar-refractivity contribution in [1.82, 2.24) is 9.78 Å². The van der Waals surface area contributed by atoms with E-state index in [4.69, 9.17) is 5.73 Å². The topological polar surface area (TPSA) is 43.8 Å². The Hall–Kier alpha value is -0.830. The number of nitrogens with two attached hydrogens (primary N) is 1. The molecule has 18 heavy (non-hydrogen) atoms. The maximum absolute atomic E-state index is 6.60. The highest BCUT2D eigenvalue weighted by Crippen LogP contribution is 2.39. The lowest BCUT2D eigenvalue weighted by molar-refractivity contribution is 0.196. The quantitative estimate of drug-likeness (QED) is 0.890. The molecule has 0 spiro atoms. The van der Waals surface area contributed by atoms with Crippen LogP contribution in [0.2, 0.25) is 0 Å². The van der Waals surface area contributed by atoms with E-state index in [1.807, 2.05) is 10.9 Å². The molecule has 1 aliphatic carbocycles. The molecule has 2 N–H and O–H groups in total. The number of hydrogen-bond acceptors (Lipinski definition) is 2. The van der Waals surface area contributed by atoms with Gasteiger partial charge in [-0.1, -0.05) is 20.8 Å². The second-order valence-corrected chi connectivity index (χ2v) is 6.23. The minimum absolute atomic E-state index is 0.128. The van der Waals surface area contributed by atoms with Crippen molar-refractivity contribution in [3.05, 3.63) is 18.0 Å². The average Bonchev–Trinajstić information content (AvgIpc) is 2.79. The number of aryl methyl sites for hydroxylation is 1. The van der Waals surface area contributed by atoms with Gasteiger partial charge in [0.1, 0.15) is 0 Å². The maximum atomic E-state index is 6.60. The molecule has 0 saturated heterocycles. The molecule has 0 amide bonds. The van der Waals surface area contributed by atoms with Crippen LogP contribution in [0.1, 0.15) is 58.4 Å². The van der Waals surface area contributed by atoms with Gasteiger partial charge in [0.2, 0.25) is 0 Å². The van der Waals surface area contributed by atoms with Gasteiger partial charge in [-0.25, -0.2) is 0 Å². The minimum atomic E-state index is -0.128. The Kier molecular flexibility index (Phi) is 4.10. The summed E-state index contributed by atoms with van der Waals surface area (Å²) < 4.78 is 2.03. The Morgan fingerprint density at radius 1 is 1.44 bits per heavy atom. The summed E-state index contributed by atoms with van der Waals surface area (Å²) in [6.07, 6.45) is 9.97. The SMILES string of the molecule is CCCn1cc(C2(N)CCC(C(C)C)CC2)cn1. The van der Waals surface area contributed by atoms with Gasteiger partial charge in [-0.15, -0.1) is 0 Å². The molecule has 0 atom stereocenters. The Morgan fingerprint density at radius 2 is 2.11 bits per heavy atom. The van der Waals surface area contributed by atoms with Crippen LogP contribution in [0.3, 0.4) is 0 Å². The third-order valence-electron chi connectivity index (χ3n) is 4.53. The summed E-state index contributed by atoms with van der Waals surface area (Å²) in [5.74, 6) is 1.64. The van der Waals surface area contributed by atoms with E-state index in [1.54, 1.807) is 0 Å². The fourth-order valence-corrected chi connectivity index (χ4v) is 3.08. The molecule has 102 valence electrons. The fourth-order valence-electron chi connectivity index (χ4n) is 3.08. The molecule has 0 radical (unpaired) electrons. The van der Waals surface area contributed by atoms with Crippen molar-refractivity contribution in [3.8, 4) is 0 Å². The standard InChI is InChI=1S/C15H27N3/c1-4-9-18-11-14(10-17-18)15(16)7-5-13(6-8-15)12(2)3/h10-13H,4-9,16H2,1-3H3. The third-order valence-corrected chi connectivity index (χ3v) is 4.53. The van der Waals surface area contributed by atoms with Crippen LogP contribution in [0.15, 0.2) is 12.4 Å². The summed E-state index contributed by atoms with van der Waals surface area (Å²) >= 11 is 0. The molecule has 3 heteroatoms. The normalized spacial score (nSPS) is 28.8. The molecule has 1 aromatic heterocycles. The molecule has 2 rings (SSSR count). The zero-order chi connectivity index (χ0) is 13.2. The summed E-state index contributed by atoms with van der Waals surface area (Å²) in [6, 6.07) is 0. The molecule has 1 aliphatic rings. The Bertz CT molecular complexity index is 373. The molecule has 0 bridgehead atoms. The average molecular weight is 249 g/mol. The highest BCUT2D eigenvalue weighted by atomic mass is 15.3. The van der Waals surface area contributed by atoms with Crippen LogP contribution >= 0.6 is 0 Å². The highest BCUT2D eigenvalue weighted by Gasteiger charge is 2.34. The molecule has 0 unspecified atom stereocenters. The van der Waals surface area contributed by atoms with Crippen LogP contribution in [-0.4, -0.2) is 9.78 Å². The first-order valence-corrected chi connectivity index (χ1v) is 7.37. The van der Waals surface area contributed by atoms with Crippen LogP contribution in [0.4, 0.5) is 0 Å².